The van der Waals surface area contributed by atoms with Gasteiger partial charge in [0, 0.05) is 44.2 Å². The molecule has 1 amide bonds. The van der Waals surface area contributed by atoms with Gasteiger partial charge in [-0.3, -0.25) is 9.69 Å². The molecule has 134 valence electrons. The number of hydrogen-bond donors (Lipinski definition) is 1. The molecule has 0 aromatic heterocycles. The molecule has 1 fully saturated rings. The number of amides is 1. The molecule has 1 N–H and O–H groups in total. The van der Waals surface area contributed by atoms with Crippen molar-refractivity contribution >= 4 is 17.5 Å². The monoisotopic (exact) mass is 354 g/mol. The molecule has 1 aromatic carbocycles. The molecule has 1 aliphatic heterocycles. The SMILES string of the molecule is CCC[C@@H]1CN(Cc2cc(Cl)c(OC)cc2OC)C[C@H]1NC(C)=O. The first kappa shape index (κ1) is 18.9. The molecule has 2 atom stereocenters. The van der Waals surface area contributed by atoms with Gasteiger partial charge in [-0.05, 0) is 18.4 Å². The van der Waals surface area contributed by atoms with Gasteiger partial charge in [-0.15, -0.1) is 0 Å². The van der Waals surface area contributed by atoms with Crippen LogP contribution in [0.1, 0.15) is 32.3 Å². The first-order chi connectivity index (χ1) is 11.5. The highest BCUT2D eigenvalue weighted by Crippen LogP contribution is 2.34. The fourth-order valence-electron chi connectivity index (χ4n) is 3.46. The van der Waals surface area contributed by atoms with Crippen molar-refractivity contribution in [1.82, 2.24) is 10.2 Å². The average molecular weight is 355 g/mol. The molecule has 0 aliphatic carbocycles. The minimum Gasteiger partial charge on any atom is -0.496 e. The average Bonchev–Trinajstić information content (AvgIpc) is 2.88. The lowest BCUT2D eigenvalue weighted by atomic mass is 9.98. The van der Waals surface area contributed by atoms with Gasteiger partial charge in [-0.2, -0.15) is 0 Å². The molecule has 0 radical (unpaired) electrons. The van der Waals surface area contributed by atoms with Crippen molar-refractivity contribution in [3.05, 3.63) is 22.7 Å². The van der Waals surface area contributed by atoms with E-state index in [0.29, 0.717) is 16.7 Å². The minimum absolute atomic E-state index is 0.0352. The number of nitrogens with zero attached hydrogens (tertiary/aromatic N) is 1. The van der Waals surface area contributed by atoms with Crippen LogP contribution in [0.25, 0.3) is 0 Å². The molecule has 5 nitrogen and oxygen atoms in total. The first-order valence-electron chi connectivity index (χ1n) is 8.38. The third-order valence-electron chi connectivity index (χ3n) is 4.51. The zero-order chi connectivity index (χ0) is 17.7. The molecule has 0 saturated carbocycles. The molecule has 6 heteroatoms. The highest BCUT2D eigenvalue weighted by molar-refractivity contribution is 6.32. The molecule has 24 heavy (non-hydrogen) atoms. The summed E-state index contributed by atoms with van der Waals surface area (Å²) in [6.45, 7) is 6.31. The fourth-order valence-corrected chi connectivity index (χ4v) is 3.73. The molecule has 1 heterocycles. The maximum Gasteiger partial charge on any atom is 0.217 e. The van der Waals surface area contributed by atoms with E-state index in [0.717, 1.165) is 43.8 Å². The maximum atomic E-state index is 11.4. The van der Waals surface area contributed by atoms with Crippen LogP contribution in [-0.2, 0) is 11.3 Å². The van der Waals surface area contributed by atoms with Gasteiger partial charge in [-0.25, -0.2) is 0 Å². The van der Waals surface area contributed by atoms with Crippen molar-refractivity contribution in [3.8, 4) is 11.5 Å². The fraction of sp³-hybridized carbons (Fsp3) is 0.611. The summed E-state index contributed by atoms with van der Waals surface area (Å²) in [7, 11) is 3.24. The number of nitrogens with one attached hydrogen (secondary N) is 1. The van der Waals surface area contributed by atoms with Gasteiger partial charge >= 0.3 is 0 Å². The number of halogens is 1. The molecule has 1 aromatic rings. The quantitative estimate of drug-likeness (QED) is 0.817. The Bertz CT molecular complexity index is 580. The van der Waals surface area contributed by atoms with Crippen LogP contribution in [0.5, 0.6) is 11.5 Å². The van der Waals surface area contributed by atoms with E-state index in [2.05, 4.69) is 17.1 Å². The van der Waals surface area contributed by atoms with Crippen molar-refractivity contribution in [3.63, 3.8) is 0 Å². The molecular weight excluding hydrogens is 328 g/mol. The highest BCUT2D eigenvalue weighted by atomic mass is 35.5. The van der Waals surface area contributed by atoms with Crippen LogP contribution in [0.2, 0.25) is 5.02 Å². The van der Waals surface area contributed by atoms with Crippen LogP contribution in [0.4, 0.5) is 0 Å². The summed E-state index contributed by atoms with van der Waals surface area (Å²) in [5.74, 6) is 1.90. The lowest BCUT2D eigenvalue weighted by Gasteiger charge is -2.19. The number of carbonyl (C=O) groups excluding carboxylic acids is 1. The van der Waals surface area contributed by atoms with Gasteiger partial charge in [0.25, 0.3) is 0 Å². The number of benzene rings is 1. The van der Waals surface area contributed by atoms with Crippen LogP contribution in [0.3, 0.4) is 0 Å². The second kappa shape index (κ2) is 8.58. The Morgan fingerprint density at radius 2 is 2.00 bits per heavy atom. The molecular formula is C18H27ClN2O3. The van der Waals surface area contributed by atoms with Gasteiger partial charge in [-0.1, -0.05) is 24.9 Å². The summed E-state index contributed by atoms with van der Waals surface area (Å²) in [5, 5.41) is 3.67. The summed E-state index contributed by atoms with van der Waals surface area (Å²) in [4.78, 5) is 13.8. The third-order valence-corrected chi connectivity index (χ3v) is 4.81. The van der Waals surface area contributed by atoms with E-state index in [-0.39, 0.29) is 11.9 Å². The highest BCUT2D eigenvalue weighted by Gasteiger charge is 2.32. The van der Waals surface area contributed by atoms with Crippen LogP contribution < -0.4 is 14.8 Å². The van der Waals surface area contributed by atoms with Crippen LogP contribution in [-0.4, -0.2) is 44.2 Å². The largest absolute Gasteiger partial charge is 0.496 e. The van der Waals surface area contributed by atoms with Crippen molar-refractivity contribution in [2.75, 3.05) is 27.3 Å². The number of likely N-dealkylation sites (tertiary alicyclic amines) is 1. The summed E-state index contributed by atoms with van der Waals surface area (Å²) in [6, 6.07) is 3.93. The lowest BCUT2D eigenvalue weighted by Crippen LogP contribution is -2.39. The van der Waals surface area contributed by atoms with E-state index in [9.17, 15) is 4.79 Å². The van der Waals surface area contributed by atoms with Crippen LogP contribution >= 0.6 is 11.6 Å². The Morgan fingerprint density at radius 1 is 1.29 bits per heavy atom. The Morgan fingerprint density at radius 3 is 2.58 bits per heavy atom. The zero-order valence-electron chi connectivity index (χ0n) is 14.9. The van der Waals surface area contributed by atoms with Crippen molar-refractivity contribution in [2.45, 2.75) is 39.3 Å². The van der Waals surface area contributed by atoms with Crippen molar-refractivity contribution < 1.29 is 14.3 Å². The summed E-state index contributed by atoms with van der Waals surface area (Å²) in [5.41, 5.74) is 1.03. The van der Waals surface area contributed by atoms with Gasteiger partial charge in [0.05, 0.1) is 19.2 Å². The summed E-state index contributed by atoms with van der Waals surface area (Å²) >= 11 is 6.26. The zero-order valence-corrected chi connectivity index (χ0v) is 15.7. The third kappa shape index (κ3) is 4.54. The van der Waals surface area contributed by atoms with E-state index in [1.54, 1.807) is 21.1 Å². The molecule has 2 rings (SSSR count). The number of methoxy groups -OCH3 is 2. The van der Waals surface area contributed by atoms with E-state index in [4.69, 9.17) is 21.1 Å². The standard InChI is InChI=1S/C18H27ClN2O3/c1-5-6-13-9-21(11-16(13)20-12(2)22)10-14-7-15(19)18(24-4)8-17(14)23-3/h7-8,13,16H,5-6,9-11H2,1-4H3,(H,20,22)/t13-,16-/m1/s1. The van der Waals surface area contributed by atoms with E-state index in [1.807, 2.05) is 12.1 Å². The molecule has 0 unspecified atom stereocenters. The Hall–Kier alpha value is -1.46. The number of carbonyl (C=O) groups is 1. The first-order valence-corrected chi connectivity index (χ1v) is 8.76. The summed E-state index contributed by atoms with van der Waals surface area (Å²) in [6.07, 6.45) is 2.23. The molecule has 0 bridgehead atoms. The maximum absolute atomic E-state index is 11.4. The predicted octanol–water partition coefficient (Wildman–Crippen LogP) is 3.09. The lowest BCUT2D eigenvalue weighted by molar-refractivity contribution is -0.119. The van der Waals surface area contributed by atoms with Gasteiger partial charge in [0.15, 0.2) is 0 Å². The number of rotatable bonds is 7. The Labute approximate surface area is 149 Å². The van der Waals surface area contributed by atoms with Gasteiger partial charge < -0.3 is 14.8 Å². The smallest absolute Gasteiger partial charge is 0.217 e. The Balaban J connectivity index is 2.13. The number of ether oxygens (including phenoxy) is 2. The van der Waals surface area contributed by atoms with Gasteiger partial charge in [0.1, 0.15) is 11.5 Å². The second-order valence-corrected chi connectivity index (χ2v) is 6.76. The van der Waals surface area contributed by atoms with Crippen molar-refractivity contribution in [1.29, 1.82) is 0 Å². The van der Waals surface area contributed by atoms with Crippen LogP contribution in [0, 0.1) is 5.92 Å². The van der Waals surface area contributed by atoms with E-state index in [1.165, 1.54) is 0 Å². The van der Waals surface area contributed by atoms with Crippen LogP contribution in [0.15, 0.2) is 12.1 Å². The molecule has 0 spiro atoms. The van der Waals surface area contributed by atoms with E-state index >= 15 is 0 Å². The minimum atomic E-state index is 0.0352. The summed E-state index contributed by atoms with van der Waals surface area (Å²) < 4.78 is 10.7. The number of hydrogen-bond acceptors (Lipinski definition) is 4. The topological polar surface area (TPSA) is 50.8 Å². The van der Waals surface area contributed by atoms with Gasteiger partial charge in [0.2, 0.25) is 5.91 Å². The molecule has 1 aliphatic rings. The molecule has 1 saturated heterocycles. The second-order valence-electron chi connectivity index (χ2n) is 6.35. The van der Waals surface area contributed by atoms with Crippen molar-refractivity contribution in [2.24, 2.45) is 5.92 Å². The predicted molar refractivity (Wildman–Crippen MR) is 95.8 cm³/mol. The van der Waals surface area contributed by atoms with E-state index < -0.39 is 0 Å². The normalized spacial score (nSPS) is 20.9. The Kier molecular flexibility index (Phi) is 6.75.